The van der Waals surface area contributed by atoms with Gasteiger partial charge in [-0.25, -0.2) is 22.2 Å². The Kier molecular flexibility index (Phi) is 6.36. The van der Waals surface area contributed by atoms with Gasteiger partial charge in [0.1, 0.15) is 24.1 Å². The molecule has 10 heteroatoms. The van der Waals surface area contributed by atoms with Crippen LogP contribution in [0.5, 0.6) is 5.75 Å². The molecule has 1 fully saturated rings. The molecule has 1 aliphatic rings. The van der Waals surface area contributed by atoms with Crippen LogP contribution in [0, 0.1) is 5.82 Å². The Bertz CT molecular complexity index is 890. The number of halogens is 2. The fraction of sp³-hybridized carbons (Fsp3) is 0.471. The third-order valence-corrected chi connectivity index (χ3v) is 5.90. The summed E-state index contributed by atoms with van der Waals surface area (Å²) >= 11 is 5.81. The molecule has 0 bridgehead atoms. The van der Waals surface area contributed by atoms with Crippen LogP contribution in [0.15, 0.2) is 30.6 Å². The van der Waals surface area contributed by atoms with E-state index >= 15 is 0 Å². The van der Waals surface area contributed by atoms with Crippen LogP contribution in [0.25, 0.3) is 5.69 Å². The molecule has 27 heavy (non-hydrogen) atoms. The number of hydrogen-bond donors (Lipinski definition) is 1. The quantitative estimate of drug-likeness (QED) is 0.748. The predicted octanol–water partition coefficient (Wildman–Crippen LogP) is 2.53. The molecule has 1 aliphatic heterocycles. The zero-order valence-electron chi connectivity index (χ0n) is 14.8. The lowest BCUT2D eigenvalue weighted by molar-refractivity contribution is -0.0279. The zero-order valence-corrected chi connectivity index (χ0v) is 16.3. The largest absolute Gasteiger partial charge is 0.491 e. The first-order chi connectivity index (χ1) is 12.9. The van der Waals surface area contributed by atoms with Gasteiger partial charge in [-0.2, -0.15) is 5.10 Å². The van der Waals surface area contributed by atoms with E-state index in [0.717, 1.165) is 6.42 Å². The van der Waals surface area contributed by atoms with Crippen molar-refractivity contribution in [3.05, 3.63) is 41.4 Å². The molecule has 2 heterocycles. The van der Waals surface area contributed by atoms with Gasteiger partial charge in [-0.1, -0.05) is 11.6 Å². The molecule has 0 saturated carbocycles. The van der Waals surface area contributed by atoms with Crippen molar-refractivity contribution in [1.29, 1.82) is 0 Å². The van der Waals surface area contributed by atoms with Crippen LogP contribution in [0.2, 0.25) is 5.02 Å². The maximum Gasteiger partial charge on any atom is 0.211 e. The molecule has 0 spiro atoms. The highest BCUT2D eigenvalue weighted by molar-refractivity contribution is 7.89. The molecule has 0 radical (unpaired) electrons. The summed E-state index contributed by atoms with van der Waals surface area (Å²) in [6.07, 6.45) is 3.92. The minimum atomic E-state index is -3.34. The molecular formula is C17H21ClFN3O4S. The standard InChI is InChI=1S/C17H21ClFN3O4S/c1-2-27(23,24)21-15-4-3-7-25-17(15)11-26-13-5-6-16(14(19)8-13)22-10-12(18)9-20-22/h5-6,8-10,15,17,21H,2-4,7,11H2,1H3/t15-,17?/m1/s1. The van der Waals surface area contributed by atoms with Gasteiger partial charge in [-0.15, -0.1) is 0 Å². The van der Waals surface area contributed by atoms with Crippen LogP contribution >= 0.6 is 11.6 Å². The number of aromatic nitrogens is 2. The number of hydrogen-bond acceptors (Lipinski definition) is 5. The van der Waals surface area contributed by atoms with Gasteiger partial charge in [-0.3, -0.25) is 0 Å². The molecule has 1 aromatic heterocycles. The average molecular weight is 418 g/mol. The zero-order chi connectivity index (χ0) is 19.4. The van der Waals surface area contributed by atoms with Crippen molar-refractivity contribution in [1.82, 2.24) is 14.5 Å². The summed E-state index contributed by atoms with van der Waals surface area (Å²) in [5.41, 5.74) is 0.247. The lowest BCUT2D eigenvalue weighted by Gasteiger charge is -2.31. The molecule has 0 aliphatic carbocycles. The van der Waals surface area contributed by atoms with Crippen LogP contribution in [-0.4, -0.2) is 49.3 Å². The van der Waals surface area contributed by atoms with E-state index in [2.05, 4.69) is 9.82 Å². The summed E-state index contributed by atoms with van der Waals surface area (Å²) in [4.78, 5) is 0. The second kappa shape index (κ2) is 8.55. The number of sulfonamides is 1. The molecule has 1 unspecified atom stereocenters. The monoisotopic (exact) mass is 417 g/mol. The highest BCUT2D eigenvalue weighted by Gasteiger charge is 2.29. The topological polar surface area (TPSA) is 82.5 Å². The van der Waals surface area contributed by atoms with Crippen LogP contribution in [0.3, 0.4) is 0 Å². The van der Waals surface area contributed by atoms with Gasteiger partial charge in [0, 0.05) is 18.9 Å². The van der Waals surface area contributed by atoms with E-state index in [1.807, 2.05) is 0 Å². The lowest BCUT2D eigenvalue weighted by atomic mass is 10.0. The highest BCUT2D eigenvalue weighted by atomic mass is 35.5. The lowest BCUT2D eigenvalue weighted by Crippen LogP contribution is -2.49. The van der Waals surface area contributed by atoms with Crippen molar-refractivity contribution < 1.29 is 22.3 Å². The van der Waals surface area contributed by atoms with Gasteiger partial charge in [0.05, 0.1) is 23.0 Å². The fourth-order valence-electron chi connectivity index (χ4n) is 2.83. The smallest absolute Gasteiger partial charge is 0.211 e. The van der Waals surface area contributed by atoms with E-state index in [4.69, 9.17) is 21.1 Å². The SMILES string of the molecule is CCS(=O)(=O)N[C@@H]1CCCOC1COc1ccc(-n2cc(Cl)cn2)c(F)c1. The summed E-state index contributed by atoms with van der Waals surface area (Å²) in [5.74, 6) is -0.192. The van der Waals surface area contributed by atoms with Gasteiger partial charge < -0.3 is 9.47 Å². The Morgan fingerprint density at radius 2 is 2.30 bits per heavy atom. The van der Waals surface area contributed by atoms with Crippen molar-refractivity contribution in [2.75, 3.05) is 19.0 Å². The van der Waals surface area contributed by atoms with Crippen molar-refractivity contribution in [2.24, 2.45) is 0 Å². The van der Waals surface area contributed by atoms with Crippen molar-refractivity contribution in [3.63, 3.8) is 0 Å². The van der Waals surface area contributed by atoms with Crippen molar-refractivity contribution in [3.8, 4) is 11.4 Å². The van der Waals surface area contributed by atoms with Crippen LogP contribution in [0.4, 0.5) is 4.39 Å². The van der Waals surface area contributed by atoms with Gasteiger partial charge in [-0.05, 0) is 31.9 Å². The minimum absolute atomic E-state index is 0.00119. The molecule has 0 amide bonds. The molecular weight excluding hydrogens is 397 g/mol. The Hall–Kier alpha value is -1.68. The highest BCUT2D eigenvalue weighted by Crippen LogP contribution is 2.22. The molecule has 2 aromatic rings. The second-order valence-electron chi connectivity index (χ2n) is 6.21. The number of ether oxygens (including phenoxy) is 2. The maximum atomic E-state index is 14.3. The van der Waals surface area contributed by atoms with E-state index in [9.17, 15) is 12.8 Å². The molecule has 1 N–H and O–H groups in total. The van der Waals surface area contributed by atoms with E-state index in [1.165, 1.54) is 29.2 Å². The average Bonchev–Trinajstić information content (AvgIpc) is 3.07. The summed E-state index contributed by atoms with van der Waals surface area (Å²) in [7, 11) is -3.34. The van der Waals surface area contributed by atoms with E-state index in [-0.39, 0.29) is 24.1 Å². The first kappa shape index (κ1) is 20.1. The van der Waals surface area contributed by atoms with Crippen molar-refractivity contribution in [2.45, 2.75) is 31.9 Å². The Labute approximate surface area is 162 Å². The maximum absolute atomic E-state index is 14.3. The Morgan fingerprint density at radius 1 is 1.48 bits per heavy atom. The van der Waals surface area contributed by atoms with Gasteiger partial charge in [0.25, 0.3) is 0 Å². The van der Waals surface area contributed by atoms with Gasteiger partial charge >= 0.3 is 0 Å². The van der Waals surface area contributed by atoms with E-state index in [1.54, 1.807) is 13.0 Å². The second-order valence-corrected chi connectivity index (χ2v) is 8.69. The van der Waals surface area contributed by atoms with Crippen LogP contribution in [-0.2, 0) is 14.8 Å². The van der Waals surface area contributed by atoms with Crippen LogP contribution in [0.1, 0.15) is 19.8 Å². The van der Waals surface area contributed by atoms with E-state index in [0.29, 0.717) is 23.8 Å². The first-order valence-corrected chi connectivity index (χ1v) is 10.7. The molecule has 1 saturated heterocycles. The first-order valence-electron chi connectivity index (χ1n) is 8.62. The summed E-state index contributed by atoms with van der Waals surface area (Å²) in [5, 5.41) is 4.37. The van der Waals surface area contributed by atoms with Crippen LogP contribution < -0.4 is 9.46 Å². The molecule has 7 nitrogen and oxygen atoms in total. The molecule has 148 valence electrons. The Morgan fingerprint density at radius 3 is 2.96 bits per heavy atom. The third kappa shape index (κ3) is 5.19. The predicted molar refractivity (Wildman–Crippen MR) is 99.4 cm³/mol. The summed E-state index contributed by atoms with van der Waals surface area (Å²) in [6.45, 7) is 2.23. The van der Waals surface area contributed by atoms with Crippen molar-refractivity contribution >= 4 is 21.6 Å². The third-order valence-electron chi connectivity index (χ3n) is 4.28. The number of nitrogens with zero attached hydrogens (tertiary/aromatic N) is 2. The van der Waals surface area contributed by atoms with Gasteiger partial charge in [0.2, 0.25) is 10.0 Å². The number of benzene rings is 1. The molecule has 3 rings (SSSR count). The minimum Gasteiger partial charge on any atom is -0.491 e. The fourth-order valence-corrected chi connectivity index (χ4v) is 3.86. The number of rotatable bonds is 7. The van der Waals surface area contributed by atoms with E-state index < -0.39 is 21.9 Å². The summed E-state index contributed by atoms with van der Waals surface area (Å²) in [6, 6.07) is 4.03. The molecule has 1 aromatic carbocycles. The molecule has 2 atom stereocenters. The Balaban J connectivity index is 1.65. The normalized spacial score (nSPS) is 20.6. The number of nitrogens with one attached hydrogen (secondary N) is 1. The van der Waals surface area contributed by atoms with Gasteiger partial charge in [0.15, 0.2) is 5.82 Å². The summed E-state index contributed by atoms with van der Waals surface area (Å²) < 4.78 is 53.3.